The van der Waals surface area contributed by atoms with Crippen LogP contribution in [0.4, 0.5) is 0 Å². The van der Waals surface area contributed by atoms with Crippen LogP contribution >= 0.6 is 11.8 Å². The molecule has 2 heteroatoms. The smallest absolute Gasteiger partial charge is 0.0234 e. The minimum absolute atomic E-state index is 0.853. The fraction of sp³-hybridized carbons (Fsp3) is 0.647. The Bertz CT molecular complexity index is 381. The zero-order valence-corrected chi connectivity index (χ0v) is 13.4. The van der Waals surface area contributed by atoms with Crippen molar-refractivity contribution in [2.75, 3.05) is 18.8 Å². The van der Waals surface area contributed by atoms with Gasteiger partial charge in [0.05, 0.1) is 0 Å². The van der Waals surface area contributed by atoms with Crippen molar-refractivity contribution in [1.29, 1.82) is 0 Å². The molecule has 1 aromatic rings. The topological polar surface area (TPSA) is 3.24 Å². The first-order valence-electron chi connectivity index (χ1n) is 7.63. The van der Waals surface area contributed by atoms with Crippen LogP contribution < -0.4 is 0 Å². The van der Waals surface area contributed by atoms with E-state index in [1.54, 1.807) is 0 Å². The number of hydrogen-bond acceptors (Lipinski definition) is 2. The number of rotatable bonds is 5. The number of piperidine rings is 1. The van der Waals surface area contributed by atoms with Gasteiger partial charge in [0.2, 0.25) is 0 Å². The third kappa shape index (κ3) is 4.54. The summed E-state index contributed by atoms with van der Waals surface area (Å²) in [6, 6.07) is 9.06. The fourth-order valence-electron chi connectivity index (χ4n) is 2.94. The maximum atomic E-state index is 2.62. The number of nitrogens with zero attached hydrogens (tertiary/aromatic N) is 1. The fourth-order valence-corrected chi connectivity index (χ4v) is 3.68. The molecular weight excluding hydrogens is 250 g/mol. The van der Waals surface area contributed by atoms with Crippen LogP contribution in [-0.2, 0) is 6.54 Å². The Morgan fingerprint density at radius 1 is 1.26 bits per heavy atom. The molecular formula is C17H27NS. The molecule has 1 nitrogen and oxygen atoms in total. The van der Waals surface area contributed by atoms with Crippen LogP contribution in [0.15, 0.2) is 29.2 Å². The highest BCUT2D eigenvalue weighted by molar-refractivity contribution is 7.99. The normalized spacial score (nSPS) is 18.1. The molecule has 0 aromatic heterocycles. The molecule has 0 spiro atoms. The lowest BCUT2D eigenvalue weighted by Crippen LogP contribution is -2.34. The van der Waals surface area contributed by atoms with E-state index >= 15 is 0 Å². The van der Waals surface area contributed by atoms with Gasteiger partial charge in [0, 0.05) is 11.4 Å². The van der Waals surface area contributed by atoms with Crippen LogP contribution in [0.1, 0.15) is 39.2 Å². The average Bonchev–Trinajstić information content (AvgIpc) is 2.40. The third-order valence-electron chi connectivity index (χ3n) is 4.19. The number of likely N-dealkylation sites (tertiary alicyclic amines) is 1. The third-order valence-corrected chi connectivity index (χ3v) is 5.07. The number of hydrogen-bond donors (Lipinski definition) is 0. The quantitative estimate of drug-likeness (QED) is 0.720. The maximum Gasteiger partial charge on any atom is 0.0234 e. The van der Waals surface area contributed by atoms with Gasteiger partial charge in [-0.25, -0.2) is 0 Å². The van der Waals surface area contributed by atoms with Crippen LogP contribution in [0.5, 0.6) is 0 Å². The van der Waals surface area contributed by atoms with E-state index in [1.807, 2.05) is 11.8 Å². The molecule has 1 saturated heterocycles. The Labute approximate surface area is 122 Å². The first-order chi connectivity index (χ1) is 9.19. The van der Waals surface area contributed by atoms with Crippen molar-refractivity contribution in [1.82, 2.24) is 4.90 Å². The van der Waals surface area contributed by atoms with Crippen molar-refractivity contribution >= 4 is 11.8 Å². The van der Waals surface area contributed by atoms with Gasteiger partial charge in [0.15, 0.2) is 0 Å². The summed E-state index contributed by atoms with van der Waals surface area (Å²) in [6.07, 6.45) is 2.75. The van der Waals surface area contributed by atoms with E-state index < -0.39 is 0 Å². The second-order valence-electron chi connectivity index (χ2n) is 5.94. The molecule has 106 valence electrons. The molecule has 0 radical (unpaired) electrons. The molecule has 0 saturated carbocycles. The summed E-state index contributed by atoms with van der Waals surface area (Å²) < 4.78 is 0. The van der Waals surface area contributed by atoms with Crippen LogP contribution in [0, 0.1) is 11.8 Å². The average molecular weight is 277 g/mol. The lowest BCUT2D eigenvalue weighted by molar-refractivity contribution is 0.152. The Balaban J connectivity index is 1.86. The molecule has 1 aliphatic rings. The van der Waals surface area contributed by atoms with Gasteiger partial charge >= 0.3 is 0 Å². The van der Waals surface area contributed by atoms with Crippen LogP contribution in [-0.4, -0.2) is 23.7 Å². The Morgan fingerprint density at radius 2 is 2.00 bits per heavy atom. The molecule has 1 aromatic carbocycles. The Hall–Kier alpha value is -0.470. The summed E-state index contributed by atoms with van der Waals surface area (Å²) >= 11 is 1.94. The van der Waals surface area contributed by atoms with E-state index in [0.29, 0.717) is 0 Å². The van der Waals surface area contributed by atoms with E-state index in [0.717, 1.165) is 24.1 Å². The summed E-state index contributed by atoms with van der Waals surface area (Å²) in [4.78, 5) is 4.03. The van der Waals surface area contributed by atoms with E-state index in [-0.39, 0.29) is 0 Å². The number of thioether (sulfide) groups is 1. The Kier molecular flexibility index (Phi) is 5.77. The number of benzene rings is 1. The summed E-state index contributed by atoms with van der Waals surface area (Å²) in [6.45, 7) is 10.6. The second kappa shape index (κ2) is 7.35. The lowest BCUT2D eigenvalue weighted by atomic mass is 9.86. The maximum absolute atomic E-state index is 2.62. The SMILES string of the molecule is CCSc1cccc(CN2CCC(C(C)C)CC2)c1. The summed E-state index contributed by atoms with van der Waals surface area (Å²) in [5, 5.41) is 0. The van der Waals surface area contributed by atoms with E-state index in [1.165, 1.54) is 36.4 Å². The summed E-state index contributed by atoms with van der Waals surface area (Å²) in [5.74, 6) is 2.95. The predicted octanol–water partition coefficient (Wildman–Crippen LogP) is 4.67. The van der Waals surface area contributed by atoms with Crippen LogP contribution in [0.25, 0.3) is 0 Å². The molecule has 1 aliphatic heterocycles. The van der Waals surface area contributed by atoms with Crippen LogP contribution in [0.3, 0.4) is 0 Å². The van der Waals surface area contributed by atoms with Crippen molar-refractivity contribution in [2.45, 2.75) is 45.1 Å². The molecule has 1 heterocycles. The standard InChI is InChI=1S/C17H27NS/c1-4-19-17-7-5-6-15(12-17)13-18-10-8-16(9-11-18)14(2)3/h5-7,12,14,16H,4,8-11,13H2,1-3H3. The Morgan fingerprint density at radius 3 is 2.63 bits per heavy atom. The van der Waals surface area contributed by atoms with Crippen molar-refractivity contribution in [2.24, 2.45) is 11.8 Å². The van der Waals surface area contributed by atoms with Crippen LogP contribution in [0.2, 0.25) is 0 Å². The molecule has 2 rings (SSSR count). The van der Waals surface area contributed by atoms with E-state index in [9.17, 15) is 0 Å². The highest BCUT2D eigenvalue weighted by atomic mass is 32.2. The minimum Gasteiger partial charge on any atom is -0.299 e. The highest BCUT2D eigenvalue weighted by Crippen LogP contribution is 2.26. The lowest BCUT2D eigenvalue weighted by Gasteiger charge is -2.33. The molecule has 0 aliphatic carbocycles. The van der Waals surface area contributed by atoms with Gasteiger partial charge in [-0.2, -0.15) is 0 Å². The van der Waals surface area contributed by atoms with E-state index in [4.69, 9.17) is 0 Å². The van der Waals surface area contributed by atoms with Gasteiger partial charge in [0.1, 0.15) is 0 Å². The van der Waals surface area contributed by atoms with Crippen molar-refractivity contribution in [3.05, 3.63) is 29.8 Å². The highest BCUT2D eigenvalue weighted by Gasteiger charge is 2.21. The van der Waals surface area contributed by atoms with Crippen molar-refractivity contribution < 1.29 is 0 Å². The van der Waals surface area contributed by atoms with Crippen molar-refractivity contribution in [3.8, 4) is 0 Å². The minimum atomic E-state index is 0.853. The molecule has 1 fully saturated rings. The second-order valence-corrected chi connectivity index (χ2v) is 7.28. The molecule has 0 amide bonds. The molecule has 19 heavy (non-hydrogen) atoms. The molecule has 0 bridgehead atoms. The molecule has 0 atom stereocenters. The first kappa shape index (κ1) is 14.9. The van der Waals surface area contributed by atoms with E-state index in [2.05, 4.69) is 49.9 Å². The summed E-state index contributed by atoms with van der Waals surface area (Å²) in [5.41, 5.74) is 1.47. The molecule has 0 unspecified atom stereocenters. The first-order valence-corrected chi connectivity index (χ1v) is 8.61. The van der Waals surface area contributed by atoms with Crippen molar-refractivity contribution in [3.63, 3.8) is 0 Å². The molecule has 0 N–H and O–H groups in total. The summed E-state index contributed by atoms with van der Waals surface area (Å²) in [7, 11) is 0. The zero-order valence-electron chi connectivity index (χ0n) is 12.6. The zero-order chi connectivity index (χ0) is 13.7. The van der Waals surface area contributed by atoms with Gasteiger partial charge in [0.25, 0.3) is 0 Å². The van der Waals surface area contributed by atoms with Gasteiger partial charge in [-0.3, -0.25) is 4.90 Å². The van der Waals surface area contributed by atoms with Gasteiger partial charge in [-0.1, -0.05) is 32.9 Å². The van der Waals surface area contributed by atoms with Gasteiger partial charge < -0.3 is 0 Å². The monoisotopic (exact) mass is 277 g/mol. The van der Waals surface area contributed by atoms with Gasteiger partial charge in [-0.05, 0) is 61.2 Å². The largest absolute Gasteiger partial charge is 0.299 e. The van der Waals surface area contributed by atoms with Gasteiger partial charge in [-0.15, -0.1) is 11.8 Å². The predicted molar refractivity (Wildman–Crippen MR) is 85.7 cm³/mol.